The first kappa shape index (κ1) is 11.5. The van der Waals surface area contributed by atoms with Crippen LogP contribution >= 0.6 is 0 Å². The van der Waals surface area contributed by atoms with Crippen molar-refractivity contribution in [1.82, 2.24) is 4.98 Å². The van der Waals surface area contributed by atoms with Crippen LogP contribution in [0.5, 0.6) is 0 Å². The van der Waals surface area contributed by atoms with E-state index in [0.29, 0.717) is 6.61 Å². The van der Waals surface area contributed by atoms with Crippen LogP contribution in [0.15, 0.2) is 30.3 Å². The molecule has 0 saturated heterocycles. The SMILES string of the molecule is CCOC(=O)/C=C/c1[nH]c2ccccc2c1C. The van der Waals surface area contributed by atoms with E-state index in [9.17, 15) is 4.79 Å². The van der Waals surface area contributed by atoms with Gasteiger partial charge in [0, 0.05) is 22.7 Å². The highest BCUT2D eigenvalue weighted by atomic mass is 16.5. The molecule has 1 aromatic carbocycles. The number of carbonyl (C=O) groups is 1. The number of hydrogen-bond donors (Lipinski definition) is 1. The van der Waals surface area contributed by atoms with Crippen LogP contribution < -0.4 is 0 Å². The van der Waals surface area contributed by atoms with Crippen molar-refractivity contribution in [1.29, 1.82) is 0 Å². The van der Waals surface area contributed by atoms with Crippen LogP contribution in [0.25, 0.3) is 17.0 Å². The summed E-state index contributed by atoms with van der Waals surface area (Å²) >= 11 is 0. The minimum absolute atomic E-state index is 0.314. The molecule has 3 heteroatoms. The number of H-pyrrole nitrogens is 1. The van der Waals surface area contributed by atoms with E-state index in [1.807, 2.05) is 25.1 Å². The highest BCUT2D eigenvalue weighted by Crippen LogP contribution is 2.21. The van der Waals surface area contributed by atoms with Crippen molar-refractivity contribution in [2.75, 3.05) is 6.61 Å². The largest absolute Gasteiger partial charge is 0.463 e. The normalized spacial score (nSPS) is 11.2. The quantitative estimate of drug-likeness (QED) is 0.649. The molecule has 1 N–H and O–H groups in total. The third kappa shape index (κ3) is 2.38. The van der Waals surface area contributed by atoms with E-state index in [0.717, 1.165) is 16.8 Å². The van der Waals surface area contributed by atoms with Crippen LogP contribution in [0, 0.1) is 6.92 Å². The van der Waals surface area contributed by atoms with Crippen molar-refractivity contribution in [3.63, 3.8) is 0 Å². The zero-order valence-electron chi connectivity index (χ0n) is 9.99. The molecular weight excluding hydrogens is 214 g/mol. The van der Waals surface area contributed by atoms with E-state index in [-0.39, 0.29) is 5.97 Å². The fourth-order valence-electron chi connectivity index (χ4n) is 1.81. The maximum atomic E-state index is 11.2. The topological polar surface area (TPSA) is 42.1 Å². The minimum Gasteiger partial charge on any atom is -0.463 e. The molecule has 0 fully saturated rings. The maximum Gasteiger partial charge on any atom is 0.330 e. The second kappa shape index (κ2) is 4.87. The predicted molar refractivity (Wildman–Crippen MR) is 68.7 cm³/mol. The lowest BCUT2D eigenvalue weighted by Crippen LogP contribution is -1.98. The number of aromatic amines is 1. The van der Waals surface area contributed by atoms with Gasteiger partial charge in [0.15, 0.2) is 0 Å². The number of benzene rings is 1. The van der Waals surface area contributed by atoms with Gasteiger partial charge in [-0.3, -0.25) is 0 Å². The van der Waals surface area contributed by atoms with Crippen LogP contribution in [0.4, 0.5) is 0 Å². The number of fused-ring (bicyclic) bond motifs is 1. The number of carbonyl (C=O) groups excluding carboxylic acids is 1. The van der Waals surface area contributed by atoms with E-state index in [4.69, 9.17) is 4.74 Å². The van der Waals surface area contributed by atoms with E-state index >= 15 is 0 Å². The summed E-state index contributed by atoms with van der Waals surface area (Å²) in [6.45, 7) is 4.22. The highest BCUT2D eigenvalue weighted by Gasteiger charge is 2.04. The number of aromatic nitrogens is 1. The van der Waals surface area contributed by atoms with Crippen molar-refractivity contribution < 1.29 is 9.53 Å². The molecule has 0 atom stereocenters. The zero-order valence-corrected chi connectivity index (χ0v) is 9.99. The maximum absolute atomic E-state index is 11.2. The molecule has 1 aromatic heterocycles. The van der Waals surface area contributed by atoms with Gasteiger partial charge >= 0.3 is 5.97 Å². The lowest BCUT2D eigenvalue weighted by atomic mass is 10.1. The van der Waals surface area contributed by atoms with Gasteiger partial charge in [-0.2, -0.15) is 0 Å². The van der Waals surface area contributed by atoms with Gasteiger partial charge in [0.2, 0.25) is 0 Å². The fraction of sp³-hybridized carbons (Fsp3) is 0.214. The number of para-hydroxylation sites is 1. The van der Waals surface area contributed by atoms with Gasteiger partial charge < -0.3 is 9.72 Å². The van der Waals surface area contributed by atoms with E-state index in [2.05, 4.69) is 11.1 Å². The van der Waals surface area contributed by atoms with Gasteiger partial charge in [-0.25, -0.2) is 4.79 Å². The summed E-state index contributed by atoms with van der Waals surface area (Å²) in [4.78, 5) is 14.5. The monoisotopic (exact) mass is 229 g/mol. The Morgan fingerprint density at radius 2 is 2.18 bits per heavy atom. The first-order valence-corrected chi connectivity index (χ1v) is 5.64. The lowest BCUT2D eigenvalue weighted by molar-refractivity contribution is -0.137. The summed E-state index contributed by atoms with van der Waals surface area (Å²) in [5.74, 6) is -0.314. The molecule has 17 heavy (non-hydrogen) atoms. The van der Waals surface area contributed by atoms with Crippen molar-refractivity contribution in [3.8, 4) is 0 Å². The molecule has 0 aliphatic carbocycles. The third-order valence-corrected chi connectivity index (χ3v) is 2.68. The average molecular weight is 229 g/mol. The van der Waals surface area contributed by atoms with Gasteiger partial charge in [-0.05, 0) is 31.6 Å². The second-order valence-electron chi connectivity index (χ2n) is 3.79. The molecule has 0 aliphatic rings. The Labute approximate surface area is 100 Å². The van der Waals surface area contributed by atoms with Crippen molar-refractivity contribution in [2.45, 2.75) is 13.8 Å². The summed E-state index contributed by atoms with van der Waals surface area (Å²) in [5, 5.41) is 1.18. The Kier molecular flexibility index (Phi) is 3.28. The molecule has 2 aromatic rings. The predicted octanol–water partition coefficient (Wildman–Crippen LogP) is 3.05. The van der Waals surface area contributed by atoms with E-state index in [1.165, 1.54) is 11.5 Å². The molecule has 0 aliphatic heterocycles. The molecule has 1 heterocycles. The van der Waals surface area contributed by atoms with E-state index < -0.39 is 0 Å². The molecule has 0 saturated carbocycles. The number of esters is 1. The molecule has 0 amide bonds. The first-order chi connectivity index (χ1) is 8.22. The van der Waals surface area contributed by atoms with Crippen molar-refractivity contribution in [2.24, 2.45) is 0 Å². The van der Waals surface area contributed by atoms with Crippen LogP contribution in [-0.2, 0) is 9.53 Å². The molecule has 2 rings (SSSR count). The van der Waals surface area contributed by atoms with Crippen LogP contribution in [0.3, 0.4) is 0 Å². The zero-order chi connectivity index (χ0) is 12.3. The highest BCUT2D eigenvalue weighted by molar-refractivity contribution is 5.91. The number of rotatable bonds is 3. The average Bonchev–Trinajstić information content (AvgIpc) is 2.65. The number of ether oxygens (including phenoxy) is 1. The molecule has 88 valence electrons. The summed E-state index contributed by atoms with van der Waals surface area (Å²) in [7, 11) is 0. The summed E-state index contributed by atoms with van der Waals surface area (Å²) in [6.07, 6.45) is 3.20. The Hall–Kier alpha value is -2.03. The van der Waals surface area contributed by atoms with E-state index in [1.54, 1.807) is 13.0 Å². The molecule has 0 spiro atoms. The number of aryl methyl sites for hydroxylation is 1. The van der Waals surface area contributed by atoms with Gasteiger partial charge in [0.25, 0.3) is 0 Å². The summed E-state index contributed by atoms with van der Waals surface area (Å²) < 4.78 is 4.84. The Bertz CT molecular complexity index is 567. The van der Waals surface area contributed by atoms with Crippen LogP contribution in [-0.4, -0.2) is 17.6 Å². The standard InChI is InChI=1S/C14H15NO2/c1-3-17-14(16)9-8-12-10(2)11-6-4-5-7-13(11)15-12/h4-9,15H,3H2,1-2H3/b9-8+. The molecule has 0 radical (unpaired) electrons. The second-order valence-corrected chi connectivity index (χ2v) is 3.79. The van der Waals surface area contributed by atoms with Gasteiger partial charge in [-0.15, -0.1) is 0 Å². The van der Waals surface area contributed by atoms with Crippen molar-refractivity contribution >= 4 is 22.9 Å². The summed E-state index contributed by atoms with van der Waals surface area (Å²) in [5.41, 5.74) is 3.16. The van der Waals surface area contributed by atoms with Crippen LogP contribution in [0.2, 0.25) is 0 Å². The van der Waals surface area contributed by atoms with Gasteiger partial charge in [-0.1, -0.05) is 18.2 Å². The Morgan fingerprint density at radius 3 is 2.88 bits per heavy atom. The molecule has 0 unspecified atom stereocenters. The summed E-state index contributed by atoms with van der Waals surface area (Å²) in [6, 6.07) is 8.06. The van der Waals surface area contributed by atoms with Gasteiger partial charge in [0.05, 0.1) is 6.61 Å². The molecular formula is C14H15NO2. The lowest BCUT2D eigenvalue weighted by Gasteiger charge is -1.94. The third-order valence-electron chi connectivity index (χ3n) is 2.68. The number of hydrogen-bond acceptors (Lipinski definition) is 2. The number of nitrogens with one attached hydrogen (secondary N) is 1. The molecule has 0 bridgehead atoms. The fourth-order valence-corrected chi connectivity index (χ4v) is 1.81. The minimum atomic E-state index is -0.314. The van der Waals surface area contributed by atoms with Gasteiger partial charge in [0.1, 0.15) is 0 Å². The Morgan fingerprint density at radius 1 is 1.41 bits per heavy atom. The van der Waals surface area contributed by atoms with Crippen molar-refractivity contribution in [3.05, 3.63) is 41.6 Å². The Balaban J connectivity index is 2.30. The van der Waals surface area contributed by atoms with Crippen LogP contribution in [0.1, 0.15) is 18.2 Å². The molecule has 3 nitrogen and oxygen atoms in total. The first-order valence-electron chi connectivity index (χ1n) is 5.64. The smallest absolute Gasteiger partial charge is 0.330 e.